The number of hydrogen-bond acceptors (Lipinski definition) is 7. The van der Waals surface area contributed by atoms with E-state index in [0.29, 0.717) is 32.5 Å². The van der Waals surface area contributed by atoms with Crippen molar-refractivity contribution in [3.05, 3.63) is 5.51 Å². The Hall–Kier alpha value is -1.75. The largest absolute Gasteiger partial charge is 0.358 e. The molecule has 0 aliphatic heterocycles. The van der Waals surface area contributed by atoms with E-state index in [1.165, 1.54) is 11.3 Å². The highest BCUT2D eigenvalue weighted by Gasteiger charge is 2.22. The van der Waals surface area contributed by atoms with Crippen LogP contribution < -0.4 is 9.58 Å². The molecule has 0 bridgehead atoms. The van der Waals surface area contributed by atoms with E-state index >= 15 is 0 Å². The molecule has 0 fully saturated rings. The Balaban J connectivity index is 2.73. The Morgan fingerprint density at radius 1 is 1.33 bits per heavy atom. The van der Waals surface area contributed by atoms with Crippen molar-refractivity contribution in [2.24, 2.45) is 0 Å². The molecule has 1 rings (SSSR count). The molecule has 1 N–H and O–H groups in total. The van der Waals surface area contributed by atoms with Crippen molar-refractivity contribution in [2.45, 2.75) is 25.8 Å². The minimum Gasteiger partial charge on any atom is -0.286 e. The molecule has 8 nitrogen and oxygen atoms in total. The van der Waals surface area contributed by atoms with E-state index in [0.717, 1.165) is 5.13 Å². The maximum absolute atomic E-state index is 10.7. The van der Waals surface area contributed by atoms with Crippen molar-refractivity contribution in [1.82, 2.24) is 5.10 Å². The van der Waals surface area contributed by atoms with Crippen LogP contribution in [0.1, 0.15) is 19.3 Å². The summed E-state index contributed by atoms with van der Waals surface area (Å²) in [6.07, 6.45) is 0.896. The van der Waals surface area contributed by atoms with Gasteiger partial charge in [-0.2, -0.15) is 18.9 Å². The summed E-state index contributed by atoms with van der Waals surface area (Å²) in [7, 11) is -3.98. The highest BCUT2D eigenvalue weighted by Crippen LogP contribution is 2.15. The second-order valence-corrected chi connectivity index (χ2v) is 6.57. The normalized spacial score (nSPS) is 10.8. The molecule has 0 aliphatic carbocycles. The summed E-state index contributed by atoms with van der Waals surface area (Å²) >= 11 is 1.36. The maximum Gasteiger partial charge on any atom is 0.358 e. The van der Waals surface area contributed by atoms with Crippen molar-refractivity contribution in [3.8, 4) is 12.1 Å². The van der Waals surface area contributed by atoms with Gasteiger partial charge in [0.1, 0.15) is 12.1 Å². The van der Waals surface area contributed by atoms with E-state index in [1.807, 2.05) is 4.90 Å². The lowest BCUT2D eigenvalue weighted by Crippen LogP contribution is -2.43. The molecular weight excluding hydrogens is 314 g/mol. The molecule has 0 aliphatic rings. The maximum atomic E-state index is 10.7. The molecule has 0 radical (unpaired) electrons. The number of nitriles is 2. The van der Waals surface area contributed by atoms with Crippen molar-refractivity contribution in [2.75, 3.05) is 23.7 Å². The highest BCUT2D eigenvalue weighted by atomic mass is 32.2. The van der Waals surface area contributed by atoms with Gasteiger partial charge in [0.25, 0.3) is 10.1 Å². The molecule has 1 heterocycles. The summed E-state index contributed by atoms with van der Waals surface area (Å²) in [4.78, 5) is 1.89. The third-order valence-corrected chi connectivity index (χ3v) is 4.28. The van der Waals surface area contributed by atoms with Crippen LogP contribution in [0, 0.1) is 22.7 Å². The lowest BCUT2D eigenvalue weighted by Gasteiger charge is -2.13. The first-order chi connectivity index (χ1) is 9.98. The van der Waals surface area contributed by atoms with Crippen LogP contribution in [0.25, 0.3) is 0 Å². The lowest BCUT2D eigenvalue weighted by atomic mass is 10.3. The average molecular weight is 330 g/mol. The standard InChI is InChI=1S/C11H15N5O3S2/c12-4-1-6-15(7-2-5-13)11-16(14-10-20-11)8-3-9-21(17,18)19/h10H,1-3,6-9H2/p+1. The van der Waals surface area contributed by atoms with Crippen LogP contribution in [-0.2, 0) is 16.7 Å². The molecule has 0 amide bonds. The highest BCUT2D eigenvalue weighted by molar-refractivity contribution is 7.85. The Morgan fingerprint density at radius 3 is 2.48 bits per heavy atom. The summed E-state index contributed by atoms with van der Waals surface area (Å²) in [5.41, 5.74) is 1.62. The number of rotatable bonds is 9. The molecule has 0 unspecified atom stereocenters. The summed E-state index contributed by atoms with van der Waals surface area (Å²) in [5.74, 6) is -0.326. The van der Waals surface area contributed by atoms with Gasteiger partial charge in [-0.1, -0.05) is 5.10 Å². The topological polar surface area (TPSA) is 122 Å². The van der Waals surface area contributed by atoms with E-state index in [2.05, 4.69) is 17.2 Å². The zero-order chi connectivity index (χ0) is 15.7. The fraction of sp³-hybridized carbons (Fsp3) is 0.636. The third kappa shape index (κ3) is 6.49. The zero-order valence-corrected chi connectivity index (χ0v) is 13.0. The Bertz CT molecular complexity index is 611. The van der Waals surface area contributed by atoms with Gasteiger partial charge in [-0.3, -0.25) is 4.55 Å². The number of anilines is 1. The smallest absolute Gasteiger partial charge is 0.286 e. The van der Waals surface area contributed by atoms with Crippen molar-refractivity contribution in [1.29, 1.82) is 10.5 Å². The average Bonchev–Trinajstić information content (AvgIpc) is 2.86. The first-order valence-electron chi connectivity index (χ1n) is 6.25. The van der Waals surface area contributed by atoms with E-state index in [9.17, 15) is 8.42 Å². The van der Waals surface area contributed by atoms with Crippen molar-refractivity contribution in [3.63, 3.8) is 0 Å². The predicted molar refractivity (Wildman–Crippen MR) is 76.0 cm³/mol. The number of hydrogen-bond donors (Lipinski definition) is 1. The molecule has 0 saturated carbocycles. The van der Waals surface area contributed by atoms with Crippen LogP contribution in [-0.4, -0.2) is 36.9 Å². The van der Waals surface area contributed by atoms with Crippen LogP contribution in [0.4, 0.5) is 5.13 Å². The summed E-state index contributed by atoms with van der Waals surface area (Å²) in [5, 5.41) is 22.3. The van der Waals surface area contributed by atoms with Crippen LogP contribution in [0.3, 0.4) is 0 Å². The van der Waals surface area contributed by atoms with Crippen LogP contribution in [0.2, 0.25) is 0 Å². The van der Waals surface area contributed by atoms with Gasteiger partial charge in [-0.15, -0.1) is 4.68 Å². The molecule has 0 aromatic carbocycles. The number of aromatic nitrogens is 2. The third-order valence-electron chi connectivity index (χ3n) is 2.60. The Labute approximate surface area is 127 Å². The van der Waals surface area contributed by atoms with Crippen LogP contribution in [0.5, 0.6) is 0 Å². The summed E-state index contributed by atoms with van der Waals surface area (Å²) < 4.78 is 31.8. The Morgan fingerprint density at radius 2 is 1.95 bits per heavy atom. The first-order valence-corrected chi connectivity index (χ1v) is 8.74. The van der Waals surface area contributed by atoms with Crippen molar-refractivity contribution < 1.29 is 17.7 Å². The van der Waals surface area contributed by atoms with Gasteiger partial charge in [0.2, 0.25) is 0 Å². The van der Waals surface area contributed by atoms with Crippen LogP contribution in [0.15, 0.2) is 5.51 Å². The SMILES string of the molecule is N#CCCN(CCC#N)c1scn[n+]1CCCS(=O)(=O)O. The molecule has 0 saturated heterocycles. The second-order valence-electron chi connectivity index (χ2n) is 4.19. The van der Waals surface area contributed by atoms with E-state index in [1.54, 1.807) is 10.2 Å². The van der Waals surface area contributed by atoms with Gasteiger partial charge in [0, 0.05) is 6.42 Å². The Kier molecular flexibility index (Phi) is 7.02. The lowest BCUT2D eigenvalue weighted by molar-refractivity contribution is -0.737. The van der Waals surface area contributed by atoms with Crippen LogP contribution >= 0.6 is 11.3 Å². The van der Waals surface area contributed by atoms with E-state index in [4.69, 9.17) is 15.1 Å². The zero-order valence-electron chi connectivity index (χ0n) is 11.3. The molecule has 114 valence electrons. The molecule has 1 aromatic heterocycles. The molecule has 21 heavy (non-hydrogen) atoms. The van der Waals surface area contributed by atoms with Gasteiger partial charge in [0.15, 0.2) is 0 Å². The number of nitrogens with zero attached hydrogens (tertiary/aromatic N) is 5. The van der Waals surface area contributed by atoms with Gasteiger partial charge in [-0.05, 0) is 11.3 Å². The van der Waals surface area contributed by atoms with E-state index < -0.39 is 10.1 Å². The number of aryl methyl sites for hydroxylation is 1. The fourth-order valence-electron chi connectivity index (χ4n) is 1.70. The van der Waals surface area contributed by atoms with Gasteiger partial charge >= 0.3 is 5.13 Å². The molecule has 0 atom stereocenters. The van der Waals surface area contributed by atoms with Gasteiger partial charge in [-0.25, -0.2) is 4.90 Å². The molecular formula is C11H16N5O3S2+. The summed E-state index contributed by atoms with van der Waals surface area (Å²) in [6.45, 7) is 1.31. The van der Waals surface area contributed by atoms with E-state index in [-0.39, 0.29) is 12.2 Å². The molecule has 1 aromatic rings. The van der Waals surface area contributed by atoms with Gasteiger partial charge < -0.3 is 0 Å². The predicted octanol–water partition coefficient (Wildman–Crippen LogP) is 0.342. The summed E-state index contributed by atoms with van der Waals surface area (Å²) in [6, 6.07) is 4.11. The second kappa shape index (κ2) is 8.52. The molecule has 0 spiro atoms. The fourth-order valence-corrected chi connectivity index (χ4v) is 3.04. The monoisotopic (exact) mass is 330 g/mol. The van der Waals surface area contributed by atoms with Gasteiger partial charge in [0.05, 0.1) is 43.8 Å². The first kappa shape index (κ1) is 17.3. The molecule has 10 heteroatoms. The minimum atomic E-state index is -3.98. The van der Waals surface area contributed by atoms with Crippen molar-refractivity contribution >= 4 is 26.6 Å². The minimum absolute atomic E-state index is 0.241. The quantitative estimate of drug-likeness (QED) is 0.512.